The SMILES string of the molecule is CC[C@@H](O)[C@@](C)(O)/C=C/C(=O)[C@H](C)C[C@@](C)(OC)[C@H](O[C@@H]1OC(C)CC(N(C)C)C1C)[C@@H](C)C1=C(C)C(=O)OC(C)(C)O1. The molecular weight excluding hydrogens is 554 g/mol. The molecule has 0 aliphatic carbocycles. The summed E-state index contributed by atoms with van der Waals surface area (Å²) in [4.78, 5) is 28.3. The molecule has 2 aliphatic heterocycles. The predicted octanol–water partition coefficient (Wildman–Crippen LogP) is 4.37. The quantitative estimate of drug-likeness (QED) is 0.216. The fraction of sp³-hybridized carbons (Fsp3) is 0.818. The summed E-state index contributed by atoms with van der Waals surface area (Å²) in [5.74, 6) is -2.41. The third-order valence-corrected chi connectivity index (χ3v) is 9.07. The van der Waals surface area contributed by atoms with Crippen molar-refractivity contribution in [2.75, 3.05) is 21.2 Å². The molecule has 0 aromatic rings. The third-order valence-electron chi connectivity index (χ3n) is 9.07. The standard InChI is InChI=1S/C33H57NO9/c1-14-26(36)32(9,38)16-15-25(35)19(2)18-33(10,39-13)28(22(5)27-23(6)29(37)43-31(7,8)42-27)41-30-21(4)24(34(11)12)17-20(3)40-30/h15-16,19-22,24,26,28,30,36,38H,14,17-18H2,1-13H3/b16-15+/t19-,20?,21?,22+,24?,26-,28-,30+,32+,33-/m1/s1. The van der Waals surface area contributed by atoms with Crippen LogP contribution in [-0.2, 0) is 33.3 Å². The first-order chi connectivity index (χ1) is 19.7. The Morgan fingerprint density at radius 3 is 2.35 bits per heavy atom. The second-order valence-corrected chi connectivity index (χ2v) is 13.7. The zero-order valence-electron chi connectivity index (χ0n) is 28.6. The summed E-state index contributed by atoms with van der Waals surface area (Å²) in [6, 6.07) is 0.219. The zero-order valence-corrected chi connectivity index (χ0v) is 28.6. The largest absolute Gasteiger partial charge is 0.456 e. The van der Waals surface area contributed by atoms with Gasteiger partial charge in [-0.15, -0.1) is 0 Å². The maximum absolute atomic E-state index is 13.3. The number of aliphatic hydroxyl groups excluding tert-OH is 1. The second kappa shape index (κ2) is 14.5. The number of nitrogens with zero attached hydrogens (tertiary/aromatic N) is 1. The van der Waals surface area contributed by atoms with E-state index in [-0.39, 0.29) is 30.3 Å². The van der Waals surface area contributed by atoms with Crippen LogP contribution in [0.2, 0.25) is 0 Å². The molecule has 10 atom stereocenters. The number of esters is 1. The molecule has 0 radical (unpaired) electrons. The van der Waals surface area contributed by atoms with Gasteiger partial charge in [0.2, 0.25) is 5.79 Å². The number of cyclic esters (lactones) is 1. The van der Waals surface area contributed by atoms with Gasteiger partial charge in [-0.1, -0.05) is 27.7 Å². The maximum atomic E-state index is 13.3. The van der Waals surface area contributed by atoms with E-state index in [1.54, 1.807) is 41.7 Å². The van der Waals surface area contributed by atoms with Crippen molar-refractivity contribution in [2.24, 2.45) is 17.8 Å². The number of carbonyl (C=O) groups is 2. The Morgan fingerprint density at radius 2 is 1.81 bits per heavy atom. The Labute approximate surface area is 258 Å². The first-order valence-electron chi connectivity index (χ1n) is 15.5. The van der Waals surface area contributed by atoms with Gasteiger partial charge >= 0.3 is 5.97 Å². The first kappa shape index (κ1) is 37.4. The molecule has 0 aromatic carbocycles. The molecule has 0 spiro atoms. The van der Waals surface area contributed by atoms with Gasteiger partial charge in [-0.3, -0.25) is 4.79 Å². The van der Waals surface area contributed by atoms with Crippen molar-refractivity contribution in [1.29, 1.82) is 0 Å². The molecule has 3 unspecified atom stereocenters. The van der Waals surface area contributed by atoms with Gasteiger partial charge in [-0.05, 0) is 73.2 Å². The van der Waals surface area contributed by atoms with Crippen molar-refractivity contribution >= 4 is 11.8 Å². The Balaban J connectivity index is 2.51. The molecule has 248 valence electrons. The number of hydrogen-bond donors (Lipinski definition) is 2. The normalized spacial score (nSPS) is 30.2. The highest BCUT2D eigenvalue weighted by molar-refractivity contribution is 5.91. The van der Waals surface area contributed by atoms with Gasteiger partial charge in [-0.25, -0.2) is 4.79 Å². The number of hydrogen-bond acceptors (Lipinski definition) is 10. The minimum atomic E-state index is -1.54. The van der Waals surface area contributed by atoms with Crippen LogP contribution in [0.4, 0.5) is 0 Å². The lowest BCUT2D eigenvalue weighted by molar-refractivity contribution is -0.284. The van der Waals surface area contributed by atoms with Crippen LogP contribution in [0.1, 0.15) is 88.5 Å². The molecule has 1 saturated heterocycles. The molecule has 2 N–H and O–H groups in total. The van der Waals surface area contributed by atoms with Crippen molar-refractivity contribution in [2.45, 2.75) is 136 Å². The van der Waals surface area contributed by atoms with Gasteiger partial charge in [0.25, 0.3) is 0 Å². The number of methoxy groups -OCH3 is 1. The van der Waals surface area contributed by atoms with E-state index in [9.17, 15) is 19.8 Å². The van der Waals surface area contributed by atoms with E-state index < -0.39 is 53.3 Å². The summed E-state index contributed by atoms with van der Waals surface area (Å²) in [7, 11) is 5.67. The molecule has 0 amide bonds. The second-order valence-electron chi connectivity index (χ2n) is 13.7. The Bertz CT molecular complexity index is 1040. The van der Waals surface area contributed by atoms with Crippen molar-refractivity contribution in [3.63, 3.8) is 0 Å². The minimum Gasteiger partial charge on any atom is -0.456 e. The van der Waals surface area contributed by atoms with E-state index in [4.69, 9.17) is 23.7 Å². The molecule has 0 saturated carbocycles. The van der Waals surface area contributed by atoms with Gasteiger partial charge < -0.3 is 38.8 Å². The van der Waals surface area contributed by atoms with Crippen molar-refractivity contribution < 1.29 is 43.5 Å². The van der Waals surface area contributed by atoms with E-state index in [0.717, 1.165) is 6.42 Å². The topological polar surface area (TPSA) is 124 Å². The van der Waals surface area contributed by atoms with Gasteiger partial charge in [0.05, 0.1) is 29.5 Å². The van der Waals surface area contributed by atoms with Crippen LogP contribution in [0.25, 0.3) is 0 Å². The summed E-state index contributed by atoms with van der Waals surface area (Å²) in [5.41, 5.74) is -2.22. The van der Waals surface area contributed by atoms with Crippen molar-refractivity contribution in [3.05, 3.63) is 23.5 Å². The molecule has 2 rings (SSSR count). The summed E-state index contributed by atoms with van der Waals surface area (Å²) in [6.45, 7) is 18.0. The average Bonchev–Trinajstić information content (AvgIpc) is 2.92. The predicted molar refractivity (Wildman–Crippen MR) is 164 cm³/mol. The van der Waals surface area contributed by atoms with Crippen LogP contribution in [-0.4, -0.2) is 95.7 Å². The van der Waals surface area contributed by atoms with Crippen LogP contribution in [0.5, 0.6) is 0 Å². The van der Waals surface area contributed by atoms with Crippen LogP contribution in [0.15, 0.2) is 23.5 Å². The van der Waals surface area contributed by atoms with Crippen LogP contribution in [0, 0.1) is 17.8 Å². The zero-order chi connectivity index (χ0) is 33.1. The summed E-state index contributed by atoms with van der Waals surface area (Å²) in [6.07, 6.45) is 1.80. The van der Waals surface area contributed by atoms with Crippen molar-refractivity contribution in [3.8, 4) is 0 Å². The van der Waals surface area contributed by atoms with Gasteiger partial charge in [-0.2, -0.15) is 0 Å². The number of allylic oxidation sites excluding steroid dienone is 1. The fourth-order valence-corrected chi connectivity index (χ4v) is 6.21. The van der Waals surface area contributed by atoms with Gasteiger partial charge in [0.1, 0.15) is 11.4 Å². The highest BCUT2D eigenvalue weighted by Crippen LogP contribution is 2.41. The van der Waals surface area contributed by atoms with E-state index in [1.165, 1.54) is 19.1 Å². The smallest absolute Gasteiger partial charge is 0.340 e. The molecule has 10 heteroatoms. The number of aliphatic hydroxyl groups is 2. The highest BCUT2D eigenvalue weighted by atomic mass is 16.7. The monoisotopic (exact) mass is 611 g/mol. The Kier molecular flexibility index (Phi) is 12.6. The summed E-state index contributed by atoms with van der Waals surface area (Å²) < 4.78 is 31.1. The minimum absolute atomic E-state index is 0.0139. The third kappa shape index (κ3) is 9.11. The number of carbonyl (C=O) groups excluding carboxylic acids is 2. The highest BCUT2D eigenvalue weighted by Gasteiger charge is 2.49. The number of rotatable bonds is 14. The van der Waals surface area contributed by atoms with E-state index in [2.05, 4.69) is 11.8 Å². The summed E-state index contributed by atoms with van der Waals surface area (Å²) in [5, 5.41) is 20.7. The van der Waals surface area contributed by atoms with E-state index in [0.29, 0.717) is 17.8 Å². The Morgan fingerprint density at radius 1 is 1.21 bits per heavy atom. The first-order valence-corrected chi connectivity index (χ1v) is 15.5. The van der Waals surface area contributed by atoms with Gasteiger partial charge in [0.15, 0.2) is 12.1 Å². The molecule has 43 heavy (non-hydrogen) atoms. The lowest BCUT2D eigenvalue weighted by Gasteiger charge is -2.48. The van der Waals surface area contributed by atoms with Crippen molar-refractivity contribution in [1.82, 2.24) is 4.90 Å². The fourth-order valence-electron chi connectivity index (χ4n) is 6.21. The number of ether oxygens (including phenoxy) is 5. The lowest BCUT2D eigenvalue weighted by atomic mass is 9.79. The maximum Gasteiger partial charge on any atom is 0.340 e. The van der Waals surface area contributed by atoms with Crippen LogP contribution >= 0.6 is 0 Å². The molecule has 10 nitrogen and oxygen atoms in total. The molecule has 0 bridgehead atoms. The molecule has 1 fully saturated rings. The average molecular weight is 612 g/mol. The molecular formula is C33H57NO9. The lowest BCUT2D eigenvalue weighted by Crippen LogP contribution is -2.56. The van der Waals surface area contributed by atoms with Crippen LogP contribution < -0.4 is 0 Å². The van der Waals surface area contributed by atoms with E-state index >= 15 is 0 Å². The van der Waals surface area contributed by atoms with Crippen LogP contribution in [0.3, 0.4) is 0 Å². The molecule has 0 aromatic heterocycles. The molecule has 2 aliphatic rings. The van der Waals surface area contributed by atoms with Gasteiger partial charge in [0, 0.05) is 44.8 Å². The number of ketones is 1. The summed E-state index contributed by atoms with van der Waals surface area (Å²) >= 11 is 0. The Hall–Kier alpha value is -1.82. The molecule has 2 heterocycles. The van der Waals surface area contributed by atoms with E-state index in [1.807, 2.05) is 34.9 Å².